The molecule has 1 saturated heterocycles. The number of carbonyl (C=O) groups is 1. The van der Waals surface area contributed by atoms with Gasteiger partial charge in [0.25, 0.3) is 0 Å². The molecule has 102 valence electrons. The molecule has 0 aromatic heterocycles. The first-order valence-corrected chi connectivity index (χ1v) is 6.82. The molecule has 0 bridgehead atoms. The van der Waals surface area contributed by atoms with Crippen LogP contribution in [0.1, 0.15) is 18.9 Å². The highest BCUT2D eigenvalue weighted by Gasteiger charge is 2.24. The molecule has 1 aromatic rings. The summed E-state index contributed by atoms with van der Waals surface area (Å²) in [5.74, 6) is 0.214. The van der Waals surface area contributed by atoms with Crippen molar-refractivity contribution < 1.29 is 9.90 Å². The van der Waals surface area contributed by atoms with Crippen LogP contribution in [0.3, 0.4) is 0 Å². The van der Waals surface area contributed by atoms with Crippen LogP contribution in [0, 0.1) is 5.92 Å². The Morgan fingerprint density at radius 3 is 2.89 bits per heavy atom. The quantitative estimate of drug-likeness (QED) is 0.864. The van der Waals surface area contributed by atoms with Crippen LogP contribution in [-0.4, -0.2) is 35.6 Å². The third-order valence-electron chi connectivity index (χ3n) is 3.49. The SMILES string of the molecule is C/C(=C/C(=O)N1CCC(CO)C1)c1ccccc1Cl. The van der Waals surface area contributed by atoms with E-state index in [1.165, 1.54) is 0 Å². The van der Waals surface area contributed by atoms with E-state index in [1.54, 1.807) is 11.0 Å². The lowest BCUT2D eigenvalue weighted by atomic mass is 10.1. The van der Waals surface area contributed by atoms with Gasteiger partial charge in [-0.1, -0.05) is 29.8 Å². The molecule has 1 atom stereocenters. The summed E-state index contributed by atoms with van der Waals surface area (Å²) in [6.07, 6.45) is 2.50. The number of benzene rings is 1. The summed E-state index contributed by atoms with van der Waals surface area (Å²) in [6, 6.07) is 7.49. The topological polar surface area (TPSA) is 40.5 Å². The summed E-state index contributed by atoms with van der Waals surface area (Å²) in [7, 11) is 0. The molecule has 19 heavy (non-hydrogen) atoms. The number of nitrogens with zero attached hydrogens (tertiary/aromatic N) is 1. The number of rotatable bonds is 3. The molecule has 1 aliphatic heterocycles. The van der Waals surface area contributed by atoms with E-state index in [9.17, 15) is 4.79 Å². The predicted molar refractivity (Wildman–Crippen MR) is 76.9 cm³/mol. The van der Waals surface area contributed by atoms with Crippen molar-refractivity contribution in [1.29, 1.82) is 0 Å². The maximum Gasteiger partial charge on any atom is 0.246 e. The highest BCUT2D eigenvalue weighted by atomic mass is 35.5. The van der Waals surface area contributed by atoms with Crippen LogP contribution in [0.5, 0.6) is 0 Å². The Balaban J connectivity index is 2.09. The molecule has 1 unspecified atom stereocenters. The molecule has 3 nitrogen and oxygen atoms in total. The molecule has 1 aromatic carbocycles. The molecule has 0 saturated carbocycles. The van der Waals surface area contributed by atoms with E-state index in [4.69, 9.17) is 16.7 Å². The minimum absolute atomic E-state index is 0.00614. The van der Waals surface area contributed by atoms with Crippen molar-refractivity contribution in [3.05, 3.63) is 40.9 Å². The van der Waals surface area contributed by atoms with Crippen LogP contribution >= 0.6 is 11.6 Å². The third kappa shape index (κ3) is 3.37. The highest BCUT2D eigenvalue weighted by Crippen LogP contribution is 2.24. The van der Waals surface area contributed by atoms with Gasteiger partial charge in [0.15, 0.2) is 0 Å². The van der Waals surface area contributed by atoms with Crippen LogP contribution in [0.4, 0.5) is 0 Å². The van der Waals surface area contributed by atoms with Gasteiger partial charge in [0.2, 0.25) is 5.91 Å². The first-order valence-electron chi connectivity index (χ1n) is 6.44. The van der Waals surface area contributed by atoms with Gasteiger partial charge < -0.3 is 10.0 Å². The molecule has 2 rings (SSSR count). The number of aliphatic hydroxyl groups is 1. The summed E-state index contributed by atoms with van der Waals surface area (Å²) in [5.41, 5.74) is 1.75. The standard InChI is InChI=1S/C15H18ClNO2/c1-11(13-4-2-3-5-14(13)16)8-15(19)17-7-6-12(9-17)10-18/h2-5,8,12,18H,6-7,9-10H2,1H3/b11-8-. The lowest BCUT2D eigenvalue weighted by molar-refractivity contribution is -0.125. The van der Waals surface area contributed by atoms with Crippen LogP contribution in [0.2, 0.25) is 5.02 Å². The number of hydrogen-bond donors (Lipinski definition) is 1. The van der Waals surface area contributed by atoms with Gasteiger partial charge in [-0.2, -0.15) is 0 Å². The van der Waals surface area contributed by atoms with Crippen molar-refractivity contribution in [1.82, 2.24) is 4.90 Å². The Bertz CT molecular complexity index is 499. The van der Waals surface area contributed by atoms with Crippen molar-refractivity contribution in [2.75, 3.05) is 19.7 Å². The van der Waals surface area contributed by atoms with E-state index < -0.39 is 0 Å². The summed E-state index contributed by atoms with van der Waals surface area (Å²) >= 11 is 6.11. The van der Waals surface area contributed by atoms with Gasteiger partial charge >= 0.3 is 0 Å². The van der Waals surface area contributed by atoms with Gasteiger partial charge in [-0.05, 0) is 30.5 Å². The molecule has 0 radical (unpaired) electrons. The second-order valence-electron chi connectivity index (χ2n) is 4.93. The molecule has 4 heteroatoms. The zero-order valence-corrected chi connectivity index (χ0v) is 11.7. The second-order valence-corrected chi connectivity index (χ2v) is 5.34. The van der Waals surface area contributed by atoms with E-state index in [0.29, 0.717) is 11.6 Å². The first kappa shape index (κ1) is 14.1. The van der Waals surface area contributed by atoms with E-state index in [2.05, 4.69) is 0 Å². The number of amides is 1. The largest absolute Gasteiger partial charge is 0.396 e. The van der Waals surface area contributed by atoms with E-state index in [0.717, 1.165) is 24.1 Å². The Labute approximate surface area is 118 Å². The zero-order chi connectivity index (χ0) is 13.8. The highest BCUT2D eigenvalue weighted by molar-refractivity contribution is 6.32. The summed E-state index contributed by atoms with van der Waals surface area (Å²) in [6.45, 7) is 3.40. The Kier molecular flexibility index (Phi) is 4.61. The predicted octanol–water partition coefficient (Wildman–Crippen LogP) is 2.58. The molecule has 1 heterocycles. The van der Waals surface area contributed by atoms with E-state index in [-0.39, 0.29) is 18.4 Å². The zero-order valence-electron chi connectivity index (χ0n) is 11.0. The first-order chi connectivity index (χ1) is 9.11. The number of likely N-dealkylation sites (tertiary alicyclic amines) is 1. The van der Waals surface area contributed by atoms with Crippen LogP contribution in [0.25, 0.3) is 5.57 Å². The van der Waals surface area contributed by atoms with Crippen molar-refractivity contribution in [2.45, 2.75) is 13.3 Å². The second kappa shape index (κ2) is 6.22. The third-order valence-corrected chi connectivity index (χ3v) is 3.82. The summed E-state index contributed by atoms with van der Waals surface area (Å²) in [4.78, 5) is 13.9. The van der Waals surface area contributed by atoms with Crippen molar-refractivity contribution in [3.63, 3.8) is 0 Å². The minimum Gasteiger partial charge on any atom is -0.396 e. The lowest BCUT2D eigenvalue weighted by Gasteiger charge is -2.14. The average molecular weight is 280 g/mol. The molecule has 1 amide bonds. The van der Waals surface area contributed by atoms with Gasteiger partial charge in [-0.25, -0.2) is 0 Å². The van der Waals surface area contributed by atoms with Gasteiger partial charge in [0.05, 0.1) is 0 Å². The van der Waals surface area contributed by atoms with Crippen LogP contribution in [0.15, 0.2) is 30.3 Å². The summed E-state index contributed by atoms with van der Waals surface area (Å²) in [5, 5.41) is 9.74. The van der Waals surface area contributed by atoms with Gasteiger partial charge in [0.1, 0.15) is 0 Å². The molecule has 1 N–H and O–H groups in total. The number of carbonyl (C=O) groups excluding carboxylic acids is 1. The maximum absolute atomic E-state index is 12.1. The fourth-order valence-electron chi connectivity index (χ4n) is 2.32. The molecule has 1 aliphatic rings. The fraction of sp³-hybridized carbons (Fsp3) is 0.400. The van der Waals surface area contributed by atoms with Crippen LogP contribution in [-0.2, 0) is 4.79 Å². The van der Waals surface area contributed by atoms with Gasteiger partial charge in [-0.15, -0.1) is 0 Å². The summed E-state index contributed by atoms with van der Waals surface area (Å²) < 4.78 is 0. The molecular formula is C15H18ClNO2. The number of hydrogen-bond acceptors (Lipinski definition) is 2. The average Bonchev–Trinajstić information content (AvgIpc) is 2.88. The smallest absolute Gasteiger partial charge is 0.246 e. The fourth-order valence-corrected chi connectivity index (χ4v) is 2.60. The van der Waals surface area contributed by atoms with Crippen molar-refractivity contribution in [2.24, 2.45) is 5.92 Å². The monoisotopic (exact) mass is 279 g/mol. The van der Waals surface area contributed by atoms with Crippen molar-refractivity contribution >= 4 is 23.1 Å². The molecule has 0 aliphatic carbocycles. The number of allylic oxidation sites excluding steroid dienone is 1. The maximum atomic E-state index is 12.1. The lowest BCUT2D eigenvalue weighted by Crippen LogP contribution is -2.27. The Hall–Kier alpha value is -1.32. The minimum atomic E-state index is -0.00614. The van der Waals surface area contributed by atoms with Gasteiger partial charge in [-0.3, -0.25) is 4.79 Å². The number of halogens is 1. The molecule has 0 spiro atoms. The van der Waals surface area contributed by atoms with Crippen molar-refractivity contribution in [3.8, 4) is 0 Å². The molecule has 1 fully saturated rings. The molecular weight excluding hydrogens is 262 g/mol. The normalized spacial score (nSPS) is 19.8. The van der Waals surface area contributed by atoms with Crippen LogP contribution < -0.4 is 0 Å². The van der Waals surface area contributed by atoms with Gasteiger partial charge in [0, 0.05) is 36.7 Å². The van der Waals surface area contributed by atoms with E-state index >= 15 is 0 Å². The van der Waals surface area contributed by atoms with E-state index in [1.807, 2.05) is 31.2 Å². The number of aliphatic hydroxyl groups excluding tert-OH is 1. The Morgan fingerprint density at radius 1 is 1.53 bits per heavy atom. The Morgan fingerprint density at radius 2 is 2.26 bits per heavy atom.